The van der Waals surface area contributed by atoms with Crippen molar-refractivity contribution in [3.63, 3.8) is 0 Å². The third-order valence-corrected chi connectivity index (χ3v) is 2.34. The molecule has 3 heteroatoms. The molecular formula is C12H18O3. The van der Waals surface area contributed by atoms with Gasteiger partial charge in [-0.2, -0.15) is 0 Å². The number of aliphatic hydroxyl groups is 2. The largest absolute Gasteiger partial charge is 0.373 e. The summed E-state index contributed by atoms with van der Waals surface area (Å²) < 4.78 is 5.31. The molecule has 0 radical (unpaired) electrons. The van der Waals surface area contributed by atoms with E-state index in [0.717, 1.165) is 6.42 Å². The fraction of sp³-hybridized carbons (Fsp3) is 0.500. The van der Waals surface area contributed by atoms with Gasteiger partial charge < -0.3 is 14.9 Å². The number of benzene rings is 1. The topological polar surface area (TPSA) is 49.7 Å². The van der Waals surface area contributed by atoms with E-state index < -0.39 is 11.9 Å². The molecule has 0 saturated heterocycles. The summed E-state index contributed by atoms with van der Waals surface area (Å²) >= 11 is 0. The van der Waals surface area contributed by atoms with Crippen LogP contribution in [0.5, 0.6) is 0 Å². The van der Waals surface area contributed by atoms with Crippen LogP contribution in [0.3, 0.4) is 0 Å². The fourth-order valence-corrected chi connectivity index (χ4v) is 1.33. The van der Waals surface area contributed by atoms with Crippen LogP contribution in [0.1, 0.15) is 25.8 Å². The van der Waals surface area contributed by atoms with Crippen LogP contribution in [0.25, 0.3) is 0 Å². The van der Waals surface area contributed by atoms with Crippen molar-refractivity contribution in [1.82, 2.24) is 0 Å². The highest BCUT2D eigenvalue weighted by Crippen LogP contribution is 2.23. The molecule has 0 aliphatic carbocycles. The summed E-state index contributed by atoms with van der Waals surface area (Å²) in [6.07, 6.45) is 0.217. The minimum atomic E-state index is -1.92. The molecule has 2 N–H and O–H groups in total. The van der Waals surface area contributed by atoms with Crippen molar-refractivity contribution in [2.45, 2.75) is 32.2 Å². The molecule has 0 aliphatic rings. The normalized spacial score (nSPS) is 13.9. The molecule has 0 bridgehead atoms. The molecule has 0 saturated carbocycles. The number of hydrogen-bond donors (Lipinski definition) is 2. The summed E-state index contributed by atoms with van der Waals surface area (Å²) in [6, 6.07) is 8.71. The molecule has 0 aliphatic heterocycles. The summed E-state index contributed by atoms with van der Waals surface area (Å²) in [5.41, 5.74) is 0.452. The van der Waals surface area contributed by atoms with Gasteiger partial charge in [0, 0.05) is 12.2 Å². The van der Waals surface area contributed by atoms with E-state index in [9.17, 15) is 10.2 Å². The Morgan fingerprint density at radius 1 is 1.27 bits per heavy atom. The molecule has 0 spiro atoms. The Labute approximate surface area is 90.3 Å². The number of ether oxygens (including phenoxy) is 1. The molecular weight excluding hydrogens is 192 g/mol. The van der Waals surface area contributed by atoms with Crippen molar-refractivity contribution < 1.29 is 14.9 Å². The second-order valence-electron chi connectivity index (χ2n) is 3.61. The first-order valence-electron chi connectivity index (χ1n) is 5.21. The fourth-order valence-electron chi connectivity index (χ4n) is 1.33. The smallest absolute Gasteiger partial charge is 0.216 e. The molecule has 0 fully saturated rings. The average Bonchev–Trinajstić information content (AvgIpc) is 2.27. The van der Waals surface area contributed by atoms with Gasteiger partial charge in [0.05, 0.1) is 0 Å². The van der Waals surface area contributed by atoms with Crippen LogP contribution in [0.2, 0.25) is 0 Å². The number of rotatable bonds is 5. The van der Waals surface area contributed by atoms with Gasteiger partial charge in [0.25, 0.3) is 0 Å². The van der Waals surface area contributed by atoms with Gasteiger partial charge in [-0.1, -0.05) is 37.3 Å². The Balaban J connectivity index is 2.73. The Morgan fingerprint density at radius 3 is 2.40 bits per heavy atom. The molecule has 1 atom stereocenters. The van der Waals surface area contributed by atoms with Gasteiger partial charge in [0.1, 0.15) is 6.10 Å². The Bertz CT molecular complexity index is 282. The minimum absolute atomic E-state index is 0.452. The standard InChI is InChI=1S/C12H18O3/c1-3-9-15-10(2)12(13,14)11-7-5-4-6-8-11/h4-8,10,13-14H,3,9H2,1-2H3. The first-order chi connectivity index (χ1) is 7.09. The van der Waals surface area contributed by atoms with Crippen molar-refractivity contribution in [2.24, 2.45) is 0 Å². The van der Waals surface area contributed by atoms with Crippen LogP contribution in [0.15, 0.2) is 30.3 Å². The van der Waals surface area contributed by atoms with Crippen LogP contribution in [0, 0.1) is 0 Å². The predicted octanol–water partition coefficient (Wildman–Crippen LogP) is 1.64. The second-order valence-corrected chi connectivity index (χ2v) is 3.61. The maximum atomic E-state index is 9.91. The zero-order valence-electron chi connectivity index (χ0n) is 9.18. The van der Waals surface area contributed by atoms with Gasteiger partial charge >= 0.3 is 0 Å². The third-order valence-electron chi connectivity index (χ3n) is 2.34. The van der Waals surface area contributed by atoms with E-state index in [-0.39, 0.29) is 0 Å². The van der Waals surface area contributed by atoms with Crippen LogP contribution in [-0.2, 0) is 10.5 Å². The highest BCUT2D eigenvalue weighted by atomic mass is 16.6. The summed E-state index contributed by atoms with van der Waals surface area (Å²) in [4.78, 5) is 0. The van der Waals surface area contributed by atoms with Gasteiger partial charge in [0.15, 0.2) is 0 Å². The van der Waals surface area contributed by atoms with Crippen molar-refractivity contribution in [2.75, 3.05) is 6.61 Å². The lowest BCUT2D eigenvalue weighted by Gasteiger charge is -2.28. The van der Waals surface area contributed by atoms with E-state index in [2.05, 4.69) is 0 Å². The van der Waals surface area contributed by atoms with Crippen molar-refractivity contribution >= 4 is 0 Å². The lowest BCUT2D eigenvalue weighted by atomic mass is 10.0. The van der Waals surface area contributed by atoms with Crippen molar-refractivity contribution in [3.8, 4) is 0 Å². The Morgan fingerprint density at radius 2 is 1.87 bits per heavy atom. The van der Waals surface area contributed by atoms with E-state index in [1.807, 2.05) is 13.0 Å². The monoisotopic (exact) mass is 210 g/mol. The first kappa shape index (κ1) is 12.2. The average molecular weight is 210 g/mol. The van der Waals surface area contributed by atoms with Gasteiger partial charge in [0.2, 0.25) is 5.79 Å². The second kappa shape index (κ2) is 5.26. The summed E-state index contributed by atoms with van der Waals surface area (Å²) in [5.74, 6) is -1.92. The lowest BCUT2D eigenvalue weighted by Crippen LogP contribution is -2.39. The Kier molecular flexibility index (Phi) is 4.27. The maximum absolute atomic E-state index is 9.91. The molecule has 1 aromatic rings. The van der Waals surface area contributed by atoms with Crippen molar-refractivity contribution in [3.05, 3.63) is 35.9 Å². The molecule has 15 heavy (non-hydrogen) atoms. The SMILES string of the molecule is CCCOC(C)C(O)(O)c1ccccc1. The molecule has 84 valence electrons. The van der Waals surface area contributed by atoms with E-state index >= 15 is 0 Å². The predicted molar refractivity (Wildman–Crippen MR) is 58.3 cm³/mol. The molecule has 1 rings (SSSR count). The quantitative estimate of drug-likeness (QED) is 0.726. The van der Waals surface area contributed by atoms with Crippen LogP contribution in [-0.4, -0.2) is 22.9 Å². The maximum Gasteiger partial charge on any atom is 0.216 e. The van der Waals surface area contributed by atoms with Gasteiger partial charge in [-0.05, 0) is 13.3 Å². The lowest BCUT2D eigenvalue weighted by molar-refractivity contribution is -0.242. The zero-order valence-corrected chi connectivity index (χ0v) is 9.18. The van der Waals surface area contributed by atoms with E-state index in [1.165, 1.54) is 0 Å². The molecule has 1 unspecified atom stereocenters. The first-order valence-corrected chi connectivity index (χ1v) is 5.21. The van der Waals surface area contributed by atoms with Crippen LogP contribution in [0.4, 0.5) is 0 Å². The summed E-state index contributed by atoms with van der Waals surface area (Å²) in [6.45, 7) is 4.16. The highest BCUT2D eigenvalue weighted by Gasteiger charge is 2.33. The molecule has 0 heterocycles. The summed E-state index contributed by atoms with van der Waals surface area (Å²) in [7, 11) is 0. The van der Waals surface area contributed by atoms with E-state index in [0.29, 0.717) is 12.2 Å². The molecule has 0 aromatic heterocycles. The molecule has 0 amide bonds. The third kappa shape index (κ3) is 3.02. The minimum Gasteiger partial charge on any atom is -0.373 e. The van der Waals surface area contributed by atoms with E-state index in [1.54, 1.807) is 31.2 Å². The Hall–Kier alpha value is -0.900. The molecule has 3 nitrogen and oxygen atoms in total. The highest BCUT2D eigenvalue weighted by molar-refractivity contribution is 5.20. The zero-order chi connectivity index (χ0) is 11.3. The molecule has 1 aromatic carbocycles. The van der Waals surface area contributed by atoms with Gasteiger partial charge in [-0.25, -0.2) is 0 Å². The van der Waals surface area contributed by atoms with Gasteiger partial charge in [-0.3, -0.25) is 0 Å². The van der Waals surface area contributed by atoms with Crippen molar-refractivity contribution in [1.29, 1.82) is 0 Å². The van der Waals surface area contributed by atoms with Gasteiger partial charge in [-0.15, -0.1) is 0 Å². The number of hydrogen-bond acceptors (Lipinski definition) is 3. The van der Waals surface area contributed by atoms with Crippen LogP contribution < -0.4 is 0 Å². The van der Waals surface area contributed by atoms with E-state index in [4.69, 9.17) is 4.74 Å². The summed E-state index contributed by atoms with van der Waals surface area (Å²) in [5, 5.41) is 19.8. The van der Waals surface area contributed by atoms with Crippen LogP contribution >= 0.6 is 0 Å².